The number of carbonyl (C=O) groups is 4. The Morgan fingerprint density at radius 1 is 0.311 bits per heavy atom. The van der Waals surface area contributed by atoms with Gasteiger partial charge in [0, 0.05) is 169 Å². The number of ketones is 4. The standard InChI is InChI=1S/C27H26N2O3.C26H24N2O3.C25H22N2O3.C24H20N2O3/c1-27(2,3)21-12-9-19(10-13-21)24-17-23(32-29-24)14-15-25(30)20-11-16-26(28-18-20)31-22-7-5-4-6-8-22;1-17-13-18(2)26(19(3)14-17)23-15-22(31-28-23)10-11-24(29)20-9-12-25(27-16-20)30-21-7-5-4-6-8-21;1-2-18-8-10-19(11-9-18)23-16-22(30-27-23)13-14-24(28)20-12-15-25(26-17-20)29-21-6-4-3-5-7-21;1-17-7-9-18(10-8-17)22-15-21(29-26-22)12-13-23(27)19-11-14-24(25-16-19)28-20-5-3-2-4-6-20/h4-13,16-18H,14-15H2,1-3H3;4-9,12-16H,10-11H2,1-3H3;3-12,15-17H,2,13-14H2,1H3;2-11,14-16H,12-13H2,1H3. The fourth-order valence-electron chi connectivity index (χ4n) is 13.0. The van der Waals surface area contributed by atoms with E-state index in [1.165, 1.54) is 22.3 Å². The number of Topliss-reactive ketones (excluding diaryl/α,β-unsaturated/α-hetero) is 4. The molecule has 20 heteroatoms. The van der Waals surface area contributed by atoms with Crippen LogP contribution >= 0.6 is 0 Å². The van der Waals surface area contributed by atoms with Crippen LogP contribution < -0.4 is 18.9 Å². The van der Waals surface area contributed by atoms with Crippen LogP contribution in [0, 0.1) is 27.7 Å². The van der Waals surface area contributed by atoms with Gasteiger partial charge in [-0.2, -0.15) is 0 Å². The maximum atomic E-state index is 12.6. The molecule has 0 radical (unpaired) electrons. The Labute approximate surface area is 708 Å². The molecule has 0 amide bonds. The van der Waals surface area contributed by atoms with E-state index in [4.69, 9.17) is 37.0 Å². The molecule has 0 bridgehead atoms. The van der Waals surface area contributed by atoms with E-state index >= 15 is 0 Å². The summed E-state index contributed by atoms with van der Waals surface area (Å²) in [5.74, 6) is 7.36. The molecule has 0 fully saturated rings. The van der Waals surface area contributed by atoms with Crippen LogP contribution in [-0.2, 0) is 37.5 Å². The van der Waals surface area contributed by atoms with Gasteiger partial charge < -0.3 is 37.0 Å². The van der Waals surface area contributed by atoms with Crippen molar-refractivity contribution < 1.29 is 56.2 Å². The highest BCUT2D eigenvalue weighted by Gasteiger charge is 2.20. The number of aromatic nitrogens is 8. The van der Waals surface area contributed by atoms with Crippen molar-refractivity contribution in [1.82, 2.24) is 40.6 Å². The topological polar surface area (TPSA) is 261 Å². The monoisotopic (exact) mass is 1620 g/mol. The largest absolute Gasteiger partial charge is 0.439 e. The number of hydrogen-bond donors (Lipinski definition) is 0. The Balaban J connectivity index is 0.000000140. The third-order valence-corrected chi connectivity index (χ3v) is 19.7. The minimum Gasteiger partial charge on any atom is -0.439 e. The summed E-state index contributed by atoms with van der Waals surface area (Å²) in [6.07, 6.45) is 10.4. The maximum Gasteiger partial charge on any atom is 0.219 e. The quantitative estimate of drug-likeness (QED) is 0.0394. The predicted molar refractivity (Wildman–Crippen MR) is 468 cm³/mol. The number of ether oxygens (including phenoxy) is 4. The van der Waals surface area contributed by atoms with Gasteiger partial charge in [0.25, 0.3) is 0 Å². The van der Waals surface area contributed by atoms with E-state index in [9.17, 15) is 19.2 Å². The van der Waals surface area contributed by atoms with Gasteiger partial charge in [0.1, 0.15) is 68.8 Å². The molecule has 0 spiro atoms. The van der Waals surface area contributed by atoms with Crippen LogP contribution in [0.1, 0.15) is 151 Å². The Bertz CT molecular complexity index is 6030. The lowest BCUT2D eigenvalue weighted by Crippen LogP contribution is -2.10. The highest BCUT2D eigenvalue weighted by Crippen LogP contribution is 2.32. The molecule has 8 aromatic carbocycles. The molecule has 0 aliphatic heterocycles. The molecule has 16 aromatic rings. The summed E-state index contributed by atoms with van der Waals surface area (Å²) in [7, 11) is 0. The zero-order valence-electron chi connectivity index (χ0n) is 69.2. The van der Waals surface area contributed by atoms with Gasteiger partial charge in [-0.05, 0) is 135 Å². The van der Waals surface area contributed by atoms with Crippen molar-refractivity contribution in [3.63, 3.8) is 0 Å². The Morgan fingerprint density at radius 3 is 0.869 bits per heavy atom. The summed E-state index contributed by atoms with van der Waals surface area (Å²) in [6.45, 7) is 17.0. The lowest BCUT2D eigenvalue weighted by atomic mass is 9.86. The highest BCUT2D eigenvalue weighted by molar-refractivity contribution is 5.97. The first-order valence-corrected chi connectivity index (χ1v) is 40.3. The van der Waals surface area contributed by atoms with Crippen LogP contribution in [0.4, 0.5) is 0 Å². The van der Waals surface area contributed by atoms with E-state index in [1.807, 2.05) is 189 Å². The smallest absolute Gasteiger partial charge is 0.219 e. The van der Waals surface area contributed by atoms with Gasteiger partial charge >= 0.3 is 0 Å². The Morgan fingerprint density at radius 2 is 0.590 bits per heavy atom. The lowest BCUT2D eigenvalue weighted by Gasteiger charge is -2.18. The van der Waals surface area contributed by atoms with Gasteiger partial charge in [0.15, 0.2) is 23.1 Å². The SMILES string of the molecule is CC(C)(C)c1ccc(-c2cc(CCC(=O)c3ccc(Oc4ccccc4)nc3)on2)cc1.CCc1ccc(-c2cc(CCC(=O)c3ccc(Oc4ccccc4)nc3)on2)cc1.Cc1cc(C)c(-c2cc(CCC(=O)c3ccc(Oc4ccccc4)nc3)on2)c(C)c1.Cc1ccc(-c2cc(CCC(=O)c3ccc(Oc4ccccc4)nc3)on2)cc1. The summed E-state index contributed by atoms with van der Waals surface area (Å²) in [5, 5.41) is 16.6. The lowest BCUT2D eigenvalue weighted by molar-refractivity contribution is 0.0972. The third kappa shape index (κ3) is 24.6. The number of rotatable bonds is 29. The zero-order chi connectivity index (χ0) is 85.2. The molecule has 0 aliphatic carbocycles. The summed E-state index contributed by atoms with van der Waals surface area (Å²) in [5.41, 5.74) is 16.8. The Hall–Kier alpha value is -14.9. The second-order valence-electron chi connectivity index (χ2n) is 30.1. The molecule has 8 heterocycles. The number of para-hydroxylation sites is 4. The van der Waals surface area contributed by atoms with Gasteiger partial charge in [-0.1, -0.05) is 217 Å². The molecule has 0 saturated heterocycles. The van der Waals surface area contributed by atoms with Crippen molar-refractivity contribution in [3.05, 3.63) is 383 Å². The van der Waals surface area contributed by atoms with Crippen LogP contribution in [0.5, 0.6) is 46.5 Å². The minimum absolute atomic E-state index is 0.000548. The molecule has 0 unspecified atom stereocenters. The van der Waals surface area contributed by atoms with Gasteiger partial charge in [-0.3, -0.25) is 19.2 Å². The highest BCUT2D eigenvalue weighted by atomic mass is 16.5. The number of nitrogens with zero attached hydrogens (tertiary/aromatic N) is 8. The normalized spacial score (nSPS) is 10.9. The summed E-state index contributed by atoms with van der Waals surface area (Å²) in [6, 6.07) is 87.9. The molecule has 8 aromatic heterocycles. The first-order chi connectivity index (χ1) is 59.3. The molecular formula is C102H92N8O12. The number of carbonyl (C=O) groups excluding carboxylic acids is 4. The summed E-state index contributed by atoms with van der Waals surface area (Å²) >= 11 is 0. The van der Waals surface area contributed by atoms with E-state index in [0.717, 1.165) is 62.6 Å². The van der Waals surface area contributed by atoms with Crippen molar-refractivity contribution in [1.29, 1.82) is 0 Å². The van der Waals surface area contributed by atoms with Gasteiger partial charge in [-0.25, -0.2) is 19.9 Å². The zero-order valence-corrected chi connectivity index (χ0v) is 69.2. The second-order valence-corrected chi connectivity index (χ2v) is 30.1. The summed E-state index contributed by atoms with van der Waals surface area (Å²) in [4.78, 5) is 67.0. The fourth-order valence-corrected chi connectivity index (χ4v) is 13.0. The van der Waals surface area contributed by atoms with Crippen molar-refractivity contribution in [3.8, 4) is 91.5 Å². The molecule has 0 saturated carbocycles. The molecule has 0 aliphatic rings. The van der Waals surface area contributed by atoms with Gasteiger partial charge in [0.2, 0.25) is 23.5 Å². The average molecular weight is 1620 g/mol. The first-order valence-electron chi connectivity index (χ1n) is 40.3. The number of benzene rings is 8. The van der Waals surface area contributed by atoms with Crippen LogP contribution in [0.3, 0.4) is 0 Å². The number of hydrogen-bond acceptors (Lipinski definition) is 20. The molecule has 16 rings (SSSR count). The first kappa shape index (κ1) is 85.0. The van der Waals surface area contributed by atoms with Crippen molar-refractivity contribution in [2.24, 2.45) is 0 Å². The van der Waals surface area contributed by atoms with E-state index in [0.29, 0.717) is 143 Å². The van der Waals surface area contributed by atoms with Crippen molar-refractivity contribution in [2.45, 2.75) is 119 Å². The van der Waals surface area contributed by atoms with Crippen molar-refractivity contribution >= 4 is 23.1 Å². The van der Waals surface area contributed by atoms with Crippen LogP contribution in [0.25, 0.3) is 45.0 Å². The average Bonchev–Trinajstić information content (AvgIpc) is 1.65. The predicted octanol–water partition coefficient (Wildman–Crippen LogP) is 24.5. The van der Waals surface area contributed by atoms with Crippen molar-refractivity contribution in [2.75, 3.05) is 0 Å². The Kier molecular flexibility index (Phi) is 28.9. The van der Waals surface area contributed by atoms with Crippen LogP contribution in [0.2, 0.25) is 0 Å². The van der Waals surface area contributed by atoms with Crippen LogP contribution in [-0.4, -0.2) is 63.7 Å². The maximum absolute atomic E-state index is 12.6. The molecule has 0 atom stereocenters. The fraction of sp³-hybridized carbons (Fsp3) is 0.176. The number of pyridine rings is 4. The second kappa shape index (κ2) is 41.5. The minimum atomic E-state index is -0.00348. The molecule has 612 valence electrons. The number of aryl methyl sites for hydroxylation is 9. The van der Waals surface area contributed by atoms with Crippen LogP contribution in [0.15, 0.2) is 322 Å². The third-order valence-electron chi connectivity index (χ3n) is 19.7. The van der Waals surface area contributed by atoms with Gasteiger partial charge in [-0.15, -0.1) is 0 Å². The molecule has 20 nitrogen and oxygen atoms in total. The molecule has 122 heavy (non-hydrogen) atoms. The van der Waals surface area contributed by atoms with Gasteiger partial charge in [0.05, 0.1) is 0 Å². The molecular weight excluding hydrogens is 1530 g/mol. The van der Waals surface area contributed by atoms with E-state index in [2.05, 4.69) is 138 Å². The van der Waals surface area contributed by atoms with E-state index < -0.39 is 0 Å². The molecule has 0 N–H and O–H groups in total. The van der Waals surface area contributed by atoms with E-state index in [-0.39, 0.29) is 28.5 Å². The van der Waals surface area contributed by atoms with E-state index in [1.54, 1.807) is 73.3 Å². The summed E-state index contributed by atoms with van der Waals surface area (Å²) < 4.78 is 44.4.